The first-order valence-electron chi connectivity index (χ1n) is 6.03. The fraction of sp³-hybridized carbons (Fsp3) is 0.385. The molecule has 0 fully saturated rings. The molecule has 0 aliphatic rings. The first-order valence-corrected chi connectivity index (χ1v) is 7.62. The number of aryl methyl sites for hydroxylation is 2. The highest BCUT2D eigenvalue weighted by molar-refractivity contribution is 8.01. The standard InChI is InChI=1S/C13H17N3S2/c1-3-12-15-13(18-16-12)17-11-5-4-9(2)8-10(11)6-7-14/h4-5,8H,3,6-7,14H2,1-2H3. The number of rotatable bonds is 5. The van der Waals surface area contributed by atoms with Gasteiger partial charge in [0, 0.05) is 11.3 Å². The van der Waals surface area contributed by atoms with Crippen LogP contribution in [0.25, 0.3) is 0 Å². The van der Waals surface area contributed by atoms with Gasteiger partial charge in [-0.05, 0) is 43.1 Å². The zero-order valence-corrected chi connectivity index (χ0v) is 12.3. The normalized spacial score (nSPS) is 10.8. The maximum absolute atomic E-state index is 5.66. The van der Waals surface area contributed by atoms with Gasteiger partial charge in [0.15, 0.2) is 4.34 Å². The molecule has 2 rings (SSSR count). The van der Waals surface area contributed by atoms with Gasteiger partial charge in [0.05, 0.1) is 0 Å². The van der Waals surface area contributed by atoms with Crippen LogP contribution in [0.5, 0.6) is 0 Å². The van der Waals surface area contributed by atoms with Crippen molar-refractivity contribution in [2.45, 2.75) is 35.9 Å². The fourth-order valence-corrected chi connectivity index (χ4v) is 3.47. The van der Waals surface area contributed by atoms with E-state index in [4.69, 9.17) is 5.73 Å². The molecular formula is C13H17N3S2. The molecule has 96 valence electrons. The van der Waals surface area contributed by atoms with Crippen molar-refractivity contribution in [1.82, 2.24) is 9.36 Å². The molecule has 1 aromatic heterocycles. The Morgan fingerprint density at radius 2 is 2.22 bits per heavy atom. The lowest BCUT2D eigenvalue weighted by Gasteiger charge is -2.07. The molecule has 18 heavy (non-hydrogen) atoms. The number of benzene rings is 1. The van der Waals surface area contributed by atoms with Crippen LogP contribution in [-0.2, 0) is 12.8 Å². The van der Waals surface area contributed by atoms with Crippen molar-refractivity contribution in [3.63, 3.8) is 0 Å². The van der Waals surface area contributed by atoms with Crippen LogP contribution >= 0.6 is 23.3 Å². The summed E-state index contributed by atoms with van der Waals surface area (Å²) in [7, 11) is 0. The lowest BCUT2D eigenvalue weighted by Crippen LogP contribution is -2.03. The Balaban J connectivity index is 2.22. The summed E-state index contributed by atoms with van der Waals surface area (Å²) >= 11 is 3.16. The average Bonchev–Trinajstić information content (AvgIpc) is 2.81. The summed E-state index contributed by atoms with van der Waals surface area (Å²) in [5.41, 5.74) is 8.24. The molecule has 0 bridgehead atoms. The van der Waals surface area contributed by atoms with Crippen LogP contribution in [0.1, 0.15) is 23.9 Å². The van der Waals surface area contributed by atoms with Gasteiger partial charge in [0.25, 0.3) is 0 Å². The third-order valence-electron chi connectivity index (χ3n) is 2.59. The maximum atomic E-state index is 5.66. The predicted molar refractivity (Wildman–Crippen MR) is 77.3 cm³/mol. The van der Waals surface area contributed by atoms with Crippen molar-refractivity contribution < 1.29 is 0 Å². The summed E-state index contributed by atoms with van der Waals surface area (Å²) in [4.78, 5) is 5.73. The molecule has 2 N–H and O–H groups in total. The van der Waals surface area contributed by atoms with Gasteiger partial charge in [-0.15, -0.1) is 0 Å². The minimum atomic E-state index is 0.674. The van der Waals surface area contributed by atoms with E-state index in [1.807, 2.05) is 0 Å². The molecule has 2 aromatic rings. The second-order valence-electron chi connectivity index (χ2n) is 4.08. The molecule has 5 heteroatoms. The summed E-state index contributed by atoms with van der Waals surface area (Å²) in [6.45, 7) is 4.85. The van der Waals surface area contributed by atoms with Gasteiger partial charge in [-0.3, -0.25) is 0 Å². The highest BCUT2D eigenvalue weighted by Gasteiger charge is 2.08. The zero-order valence-electron chi connectivity index (χ0n) is 10.6. The van der Waals surface area contributed by atoms with E-state index in [0.717, 1.165) is 23.0 Å². The summed E-state index contributed by atoms with van der Waals surface area (Å²) in [6, 6.07) is 6.49. The van der Waals surface area contributed by atoms with E-state index in [-0.39, 0.29) is 0 Å². The molecule has 0 amide bonds. The van der Waals surface area contributed by atoms with Crippen LogP contribution in [0.15, 0.2) is 27.4 Å². The van der Waals surface area contributed by atoms with Crippen LogP contribution in [0.4, 0.5) is 0 Å². The van der Waals surface area contributed by atoms with E-state index >= 15 is 0 Å². The first-order chi connectivity index (χ1) is 8.72. The fourth-order valence-electron chi connectivity index (χ4n) is 1.68. The van der Waals surface area contributed by atoms with Crippen LogP contribution in [-0.4, -0.2) is 15.9 Å². The number of nitrogens with zero attached hydrogens (tertiary/aromatic N) is 2. The van der Waals surface area contributed by atoms with E-state index < -0.39 is 0 Å². The third-order valence-corrected chi connectivity index (χ3v) is 4.50. The predicted octanol–water partition coefficient (Wildman–Crippen LogP) is 3.06. The van der Waals surface area contributed by atoms with Crippen molar-refractivity contribution in [1.29, 1.82) is 0 Å². The van der Waals surface area contributed by atoms with Gasteiger partial charge < -0.3 is 5.73 Å². The van der Waals surface area contributed by atoms with Crippen molar-refractivity contribution in [2.75, 3.05) is 6.54 Å². The average molecular weight is 279 g/mol. The monoisotopic (exact) mass is 279 g/mol. The van der Waals surface area contributed by atoms with Gasteiger partial charge in [-0.25, -0.2) is 4.98 Å². The molecule has 0 unspecified atom stereocenters. The first kappa shape index (κ1) is 13.5. The minimum absolute atomic E-state index is 0.674. The number of hydrogen-bond acceptors (Lipinski definition) is 5. The van der Waals surface area contributed by atoms with Crippen molar-refractivity contribution >= 4 is 23.3 Å². The molecule has 0 saturated heterocycles. The molecular weight excluding hydrogens is 262 g/mol. The van der Waals surface area contributed by atoms with Gasteiger partial charge in [-0.1, -0.05) is 36.4 Å². The van der Waals surface area contributed by atoms with E-state index in [0.29, 0.717) is 6.54 Å². The Hall–Kier alpha value is -0.910. The minimum Gasteiger partial charge on any atom is -0.330 e. The topological polar surface area (TPSA) is 51.8 Å². The van der Waals surface area contributed by atoms with E-state index in [9.17, 15) is 0 Å². The van der Waals surface area contributed by atoms with E-state index in [2.05, 4.69) is 41.4 Å². The lowest BCUT2D eigenvalue weighted by molar-refractivity contribution is 0.939. The molecule has 1 aromatic carbocycles. The molecule has 0 spiro atoms. The third kappa shape index (κ3) is 3.31. The van der Waals surface area contributed by atoms with Gasteiger partial charge in [-0.2, -0.15) is 4.37 Å². The maximum Gasteiger partial charge on any atom is 0.174 e. The number of aromatic nitrogens is 2. The molecule has 0 atom stereocenters. The van der Waals surface area contributed by atoms with Gasteiger partial charge >= 0.3 is 0 Å². The Morgan fingerprint density at radius 3 is 2.89 bits per heavy atom. The summed E-state index contributed by atoms with van der Waals surface area (Å²) in [6.07, 6.45) is 1.80. The summed E-state index contributed by atoms with van der Waals surface area (Å²) < 4.78 is 5.32. The van der Waals surface area contributed by atoms with Crippen molar-refractivity contribution in [2.24, 2.45) is 5.73 Å². The van der Waals surface area contributed by atoms with E-state index in [1.54, 1.807) is 11.8 Å². The quantitative estimate of drug-likeness (QED) is 0.914. The van der Waals surface area contributed by atoms with Crippen LogP contribution in [0, 0.1) is 6.92 Å². The van der Waals surface area contributed by atoms with Crippen LogP contribution in [0.3, 0.4) is 0 Å². The van der Waals surface area contributed by atoms with Crippen LogP contribution in [0.2, 0.25) is 0 Å². The number of hydrogen-bond donors (Lipinski definition) is 1. The van der Waals surface area contributed by atoms with Gasteiger partial charge in [0.1, 0.15) is 5.82 Å². The summed E-state index contributed by atoms with van der Waals surface area (Å²) in [5.74, 6) is 0.926. The second kappa shape index (κ2) is 6.31. The molecule has 3 nitrogen and oxygen atoms in total. The highest BCUT2D eigenvalue weighted by Crippen LogP contribution is 2.32. The SMILES string of the molecule is CCc1nsc(Sc2ccc(C)cc2CCN)n1. The molecule has 0 aliphatic carbocycles. The molecule has 1 heterocycles. The zero-order chi connectivity index (χ0) is 13.0. The van der Waals surface area contributed by atoms with Crippen molar-refractivity contribution in [3.05, 3.63) is 35.2 Å². The molecule has 0 aliphatic heterocycles. The molecule has 0 saturated carbocycles. The van der Waals surface area contributed by atoms with Crippen LogP contribution < -0.4 is 5.73 Å². The highest BCUT2D eigenvalue weighted by atomic mass is 32.2. The Kier molecular flexibility index (Phi) is 4.74. The van der Waals surface area contributed by atoms with Crippen molar-refractivity contribution in [3.8, 4) is 0 Å². The number of nitrogens with two attached hydrogens (primary N) is 1. The Bertz CT molecular complexity index is 523. The summed E-state index contributed by atoms with van der Waals surface area (Å²) in [5, 5.41) is 0. The lowest BCUT2D eigenvalue weighted by atomic mass is 10.1. The Morgan fingerprint density at radius 1 is 1.39 bits per heavy atom. The second-order valence-corrected chi connectivity index (χ2v) is 6.12. The molecule has 0 radical (unpaired) electrons. The largest absolute Gasteiger partial charge is 0.330 e. The smallest absolute Gasteiger partial charge is 0.174 e. The van der Waals surface area contributed by atoms with E-state index in [1.165, 1.54) is 27.6 Å². The van der Waals surface area contributed by atoms with Gasteiger partial charge in [0.2, 0.25) is 0 Å². The Labute approximate surface area is 116 Å².